The minimum absolute atomic E-state index is 0.863. The first kappa shape index (κ1) is 9.38. The van der Waals surface area contributed by atoms with E-state index in [0.29, 0.717) is 0 Å². The molecule has 2 rings (SSSR count). The number of hydrogen-bond acceptors (Lipinski definition) is 2. The summed E-state index contributed by atoms with van der Waals surface area (Å²) in [6.45, 7) is 2.04. The van der Waals surface area contributed by atoms with Crippen molar-refractivity contribution >= 4 is 44.8 Å². The molecule has 0 fully saturated rings. The highest BCUT2D eigenvalue weighted by atomic mass is 35.5. The third kappa shape index (κ3) is 1.71. The van der Waals surface area contributed by atoms with E-state index >= 15 is 0 Å². The second kappa shape index (κ2) is 3.52. The Balaban J connectivity index is 2.70. The van der Waals surface area contributed by atoms with Gasteiger partial charge in [0.25, 0.3) is 0 Å². The number of rotatable bonds is 1. The molecule has 13 heavy (non-hydrogen) atoms. The summed E-state index contributed by atoms with van der Waals surface area (Å²) < 4.78 is 2.62. The Morgan fingerprint density at radius 3 is 2.77 bits per heavy atom. The van der Waals surface area contributed by atoms with Crippen LogP contribution in [0.3, 0.4) is 0 Å². The van der Waals surface area contributed by atoms with Gasteiger partial charge in [-0.25, -0.2) is 0 Å². The van der Waals surface area contributed by atoms with E-state index in [-0.39, 0.29) is 0 Å². The first-order valence-corrected chi connectivity index (χ1v) is 6.36. The average molecular weight is 229 g/mol. The number of thiophene rings is 1. The molecule has 0 aliphatic rings. The molecular weight excluding hydrogens is 220 g/mol. The largest absolute Gasteiger partial charge is 0.129 e. The van der Waals surface area contributed by atoms with E-state index in [2.05, 4.69) is 24.5 Å². The van der Waals surface area contributed by atoms with Crippen molar-refractivity contribution in [2.75, 3.05) is 6.26 Å². The van der Waals surface area contributed by atoms with Gasteiger partial charge in [-0.05, 0) is 42.3 Å². The van der Waals surface area contributed by atoms with E-state index < -0.39 is 0 Å². The van der Waals surface area contributed by atoms with Gasteiger partial charge in [0.15, 0.2) is 0 Å². The van der Waals surface area contributed by atoms with Crippen molar-refractivity contribution in [2.45, 2.75) is 11.1 Å². The van der Waals surface area contributed by atoms with Crippen LogP contribution in [0, 0.1) is 6.92 Å². The maximum absolute atomic E-state index is 6.04. The van der Waals surface area contributed by atoms with E-state index in [1.54, 1.807) is 23.1 Å². The molecule has 3 heteroatoms. The second-order valence-electron chi connectivity index (χ2n) is 2.91. The Bertz CT molecular complexity index is 406. The normalized spacial score (nSPS) is 11.0. The Morgan fingerprint density at radius 2 is 2.08 bits per heavy atom. The van der Waals surface area contributed by atoms with Gasteiger partial charge in [0.1, 0.15) is 0 Å². The van der Waals surface area contributed by atoms with Crippen LogP contribution in [0.4, 0.5) is 0 Å². The molecule has 0 unspecified atom stereocenters. The Kier molecular flexibility index (Phi) is 2.54. The van der Waals surface area contributed by atoms with Crippen molar-refractivity contribution in [1.29, 1.82) is 0 Å². The zero-order chi connectivity index (χ0) is 9.42. The van der Waals surface area contributed by atoms with E-state index in [0.717, 1.165) is 10.6 Å². The highest BCUT2D eigenvalue weighted by Gasteiger charge is 2.03. The molecular formula is C10H9ClS2. The Labute approximate surface area is 90.9 Å². The highest BCUT2D eigenvalue weighted by Crippen LogP contribution is 2.34. The predicted molar refractivity (Wildman–Crippen MR) is 63.4 cm³/mol. The second-order valence-corrected chi connectivity index (χ2v) is 5.51. The fraction of sp³-hybridized carbons (Fsp3) is 0.200. The van der Waals surface area contributed by atoms with Gasteiger partial charge in [-0.3, -0.25) is 0 Å². The smallest absolute Gasteiger partial charge is 0.0608 e. The van der Waals surface area contributed by atoms with Crippen LogP contribution in [-0.4, -0.2) is 6.26 Å². The fourth-order valence-electron chi connectivity index (χ4n) is 1.25. The number of hydrogen-bond donors (Lipinski definition) is 0. The molecule has 68 valence electrons. The lowest BCUT2D eigenvalue weighted by molar-refractivity contribution is 1.51. The first-order chi connectivity index (χ1) is 6.20. The maximum Gasteiger partial charge on any atom is 0.0608 e. The van der Waals surface area contributed by atoms with Gasteiger partial charge in [0.05, 0.1) is 4.21 Å². The summed E-state index contributed by atoms with van der Waals surface area (Å²) in [6, 6.07) is 6.42. The summed E-state index contributed by atoms with van der Waals surface area (Å²) in [5.41, 5.74) is 1.15. The molecule has 0 N–H and O–H groups in total. The molecule has 0 atom stereocenters. The molecule has 1 aromatic carbocycles. The standard InChI is InChI=1S/C10H9ClS2/c1-6-3-7-4-10(12-2)13-9(7)5-8(6)11/h3-5H,1-2H3. The predicted octanol–water partition coefficient (Wildman–Crippen LogP) is 4.59. The lowest BCUT2D eigenvalue weighted by Crippen LogP contribution is -1.72. The van der Waals surface area contributed by atoms with Crippen molar-refractivity contribution in [3.8, 4) is 0 Å². The highest BCUT2D eigenvalue weighted by molar-refractivity contribution is 8.00. The molecule has 1 aromatic heterocycles. The van der Waals surface area contributed by atoms with Crippen LogP contribution in [0.2, 0.25) is 5.02 Å². The molecule has 1 heterocycles. The van der Waals surface area contributed by atoms with Gasteiger partial charge in [-0.2, -0.15) is 0 Å². The minimum Gasteiger partial charge on any atom is -0.129 e. The lowest BCUT2D eigenvalue weighted by atomic mass is 10.2. The average Bonchev–Trinajstić information content (AvgIpc) is 2.48. The molecule has 0 spiro atoms. The summed E-state index contributed by atoms with van der Waals surface area (Å²) in [4.78, 5) is 0. The van der Waals surface area contributed by atoms with Gasteiger partial charge < -0.3 is 0 Å². The van der Waals surface area contributed by atoms with Gasteiger partial charge >= 0.3 is 0 Å². The first-order valence-electron chi connectivity index (χ1n) is 3.94. The van der Waals surface area contributed by atoms with Crippen LogP contribution in [0.5, 0.6) is 0 Å². The lowest BCUT2D eigenvalue weighted by Gasteiger charge is -1.95. The molecule has 0 saturated carbocycles. The minimum atomic E-state index is 0.863. The van der Waals surface area contributed by atoms with Crippen molar-refractivity contribution in [1.82, 2.24) is 0 Å². The van der Waals surface area contributed by atoms with E-state index in [1.165, 1.54) is 14.3 Å². The zero-order valence-corrected chi connectivity index (χ0v) is 9.82. The van der Waals surface area contributed by atoms with Crippen molar-refractivity contribution < 1.29 is 0 Å². The third-order valence-corrected chi connectivity index (χ3v) is 4.55. The number of aryl methyl sites for hydroxylation is 1. The van der Waals surface area contributed by atoms with E-state index in [4.69, 9.17) is 11.6 Å². The quantitative estimate of drug-likeness (QED) is 0.644. The van der Waals surface area contributed by atoms with Crippen LogP contribution in [0.1, 0.15) is 5.56 Å². The van der Waals surface area contributed by atoms with Gasteiger partial charge in [-0.15, -0.1) is 23.1 Å². The topological polar surface area (TPSA) is 0 Å². The van der Waals surface area contributed by atoms with Gasteiger partial charge in [0, 0.05) is 9.72 Å². The molecule has 0 bridgehead atoms. The van der Waals surface area contributed by atoms with Crippen LogP contribution in [-0.2, 0) is 0 Å². The Hall–Kier alpha value is -0.180. The summed E-state index contributed by atoms with van der Waals surface area (Å²) in [6.07, 6.45) is 2.10. The molecule has 0 saturated heterocycles. The Morgan fingerprint density at radius 1 is 1.31 bits per heavy atom. The molecule has 0 aliphatic heterocycles. The van der Waals surface area contributed by atoms with Crippen LogP contribution in [0.25, 0.3) is 10.1 Å². The SMILES string of the molecule is CSc1cc2cc(C)c(Cl)cc2s1. The summed E-state index contributed by atoms with van der Waals surface area (Å²) in [5, 5.41) is 2.17. The van der Waals surface area contributed by atoms with E-state index in [1.807, 2.05) is 6.92 Å². The third-order valence-electron chi connectivity index (χ3n) is 1.98. The molecule has 0 amide bonds. The summed E-state index contributed by atoms with van der Waals surface area (Å²) in [5.74, 6) is 0. The van der Waals surface area contributed by atoms with Crippen LogP contribution in [0.15, 0.2) is 22.4 Å². The molecule has 0 radical (unpaired) electrons. The monoisotopic (exact) mass is 228 g/mol. The molecule has 0 aliphatic carbocycles. The molecule has 0 nitrogen and oxygen atoms in total. The van der Waals surface area contributed by atoms with E-state index in [9.17, 15) is 0 Å². The number of halogens is 1. The zero-order valence-electron chi connectivity index (χ0n) is 7.43. The van der Waals surface area contributed by atoms with Crippen LogP contribution >= 0.6 is 34.7 Å². The van der Waals surface area contributed by atoms with Crippen molar-refractivity contribution in [2.24, 2.45) is 0 Å². The summed E-state index contributed by atoms with van der Waals surface area (Å²) >= 11 is 9.62. The fourth-order valence-corrected chi connectivity index (χ4v) is 3.14. The van der Waals surface area contributed by atoms with Gasteiger partial charge in [-0.1, -0.05) is 11.6 Å². The summed E-state index contributed by atoms with van der Waals surface area (Å²) in [7, 11) is 0. The number of fused-ring (bicyclic) bond motifs is 1. The number of thioether (sulfide) groups is 1. The van der Waals surface area contributed by atoms with Crippen LogP contribution < -0.4 is 0 Å². The van der Waals surface area contributed by atoms with Crippen molar-refractivity contribution in [3.05, 3.63) is 28.8 Å². The number of benzene rings is 1. The molecule has 2 aromatic rings. The van der Waals surface area contributed by atoms with Gasteiger partial charge in [0.2, 0.25) is 0 Å². The maximum atomic E-state index is 6.04. The van der Waals surface area contributed by atoms with Crippen molar-refractivity contribution in [3.63, 3.8) is 0 Å².